The molecule has 0 aromatic carbocycles. The van der Waals surface area contributed by atoms with Gasteiger partial charge < -0.3 is 15.8 Å². The molecule has 0 aliphatic rings. The molecule has 2 heterocycles. The number of aryl methyl sites for hydroxylation is 1. The average Bonchev–Trinajstić information content (AvgIpc) is 2.63. The molecule has 0 spiro atoms. The molecular formula is C9H13N7O. The number of ether oxygens (including phenoxy) is 1. The average molecular weight is 235 g/mol. The van der Waals surface area contributed by atoms with Crippen molar-refractivity contribution in [1.29, 1.82) is 0 Å². The molecule has 0 aliphatic carbocycles. The van der Waals surface area contributed by atoms with Crippen molar-refractivity contribution in [2.75, 3.05) is 17.7 Å². The monoisotopic (exact) mass is 235 g/mol. The van der Waals surface area contributed by atoms with Crippen LogP contribution in [0.25, 0.3) is 0 Å². The highest BCUT2D eigenvalue weighted by Crippen LogP contribution is 2.13. The van der Waals surface area contributed by atoms with Gasteiger partial charge in [-0.15, -0.1) is 0 Å². The van der Waals surface area contributed by atoms with Crippen molar-refractivity contribution in [3.05, 3.63) is 12.3 Å². The Labute approximate surface area is 97.9 Å². The number of rotatable bonds is 4. The largest absolute Gasteiger partial charge is 0.464 e. The summed E-state index contributed by atoms with van der Waals surface area (Å²) in [6.45, 7) is 2.30. The third-order valence-electron chi connectivity index (χ3n) is 1.86. The molecule has 0 bridgehead atoms. The fourth-order valence-corrected chi connectivity index (χ4v) is 1.22. The summed E-state index contributed by atoms with van der Waals surface area (Å²) in [5.74, 6) is 1.03. The van der Waals surface area contributed by atoms with Crippen LogP contribution in [-0.2, 0) is 7.05 Å². The number of hydrogen-bond acceptors (Lipinski definition) is 7. The lowest BCUT2D eigenvalue weighted by molar-refractivity contribution is 0.312. The summed E-state index contributed by atoms with van der Waals surface area (Å²) in [6.07, 6.45) is 1.80. The minimum atomic E-state index is 0.0990. The van der Waals surface area contributed by atoms with Crippen LogP contribution in [-0.4, -0.2) is 31.3 Å². The lowest BCUT2D eigenvalue weighted by Crippen LogP contribution is -2.07. The molecule has 0 unspecified atom stereocenters. The van der Waals surface area contributed by atoms with Gasteiger partial charge in [-0.1, -0.05) is 0 Å². The van der Waals surface area contributed by atoms with Gasteiger partial charge in [-0.25, -0.2) is 0 Å². The number of aromatic nitrogens is 5. The normalized spacial score (nSPS) is 10.2. The number of anilines is 3. The minimum absolute atomic E-state index is 0.0990. The van der Waals surface area contributed by atoms with E-state index in [0.717, 1.165) is 0 Å². The van der Waals surface area contributed by atoms with E-state index in [4.69, 9.17) is 10.5 Å². The van der Waals surface area contributed by atoms with Crippen LogP contribution >= 0.6 is 0 Å². The molecule has 0 saturated heterocycles. The topological polar surface area (TPSA) is 104 Å². The molecule has 3 N–H and O–H groups in total. The van der Waals surface area contributed by atoms with E-state index in [1.807, 2.05) is 14.0 Å². The lowest BCUT2D eigenvalue weighted by Gasteiger charge is -2.04. The first-order valence-electron chi connectivity index (χ1n) is 5.08. The smallest absolute Gasteiger partial charge is 0.323 e. The molecule has 0 atom stereocenters. The summed E-state index contributed by atoms with van der Waals surface area (Å²) in [7, 11) is 1.82. The Kier molecular flexibility index (Phi) is 3.03. The molecule has 0 fully saturated rings. The number of nitrogens with one attached hydrogen (secondary N) is 1. The number of nitrogens with zero attached hydrogens (tertiary/aromatic N) is 5. The van der Waals surface area contributed by atoms with Gasteiger partial charge in [0.25, 0.3) is 0 Å². The summed E-state index contributed by atoms with van der Waals surface area (Å²) in [5.41, 5.74) is 5.54. The molecule has 2 aromatic rings. The molecule has 0 aliphatic heterocycles. The van der Waals surface area contributed by atoms with Crippen molar-refractivity contribution in [3.8, 4) is 6.01 Å². The first-order valence-corrected chi connectivity index (χ1v) is 5.08. The van der Waals surface area contributed by atoms with E-state index in [9.17, 15) is 0 Å². The van der Waals surface area contributed by atoms with Gasteiger partial charge in [0.1, 0.15) is 0 Å². The van der Waals surface area contributed by atoms with E-state index in [1.54, 1.807) is 16.9 Å². The lowest BCUT2D eigenvalue weighted by atomic mass is 10.6. The van der Waals surface area contributed by atoms with Crippen LogP contribution in [0.2, 0.25) is 0 Å². The highest BCUT2D eigenvalue weighted by atomic mass is 16.5. The summed E-state index contributed by atoms with van der Waals surface area (Å²) >= 11 is 0. The van der Waals surface area contributed by atoms with E-state index in [-0.39, 0.29) is 12.0 Å². The zero-order valence-corrected chi connectivity index (χ0v) is 9.58. The van der Waals surface area contributed by atoms with Crippen molar-refractivity contribution < 1.29 is 4.74 Å². The maximum Gasteiger partial charge on any atom is 0.323 e. The number of nitrogen functional groups attached to an aromatic ring is 1. The fraction of sp³-hybridized carbons (Fsp3) is 0.333. The molecule has 8 heteroatoms. The summed E-state index contributed by atoms with van der Waals surface area (Å²) in [4.78, 5) is 11.8. The van der Waals surface area contributed by atoms with Gasteiger partial charge >= 0.3 is 6.01 Å². The second-order valence-electron chi connectivity index (χ2n) is 3.23. The summed E-state index contributed by atoms with van der Waals surface area (Å²) < 4.78 is 6.83. The molecule has 8 nitrogen and oxygen atoms in total. The Morgan fingerprint density at radius 3 is 2.88 bits per heavy atom. The molecule has 0 saturated carbocycles. The second-order valence-corrected chi connectivity index (χ2v) is 3.23. The van der Waals surface area contributed by atoms with E-state index in [0.29, 0.717) is 18.4 Å². The van der Waals surface area contributed by atoms with Gasteiger partial charge in [0.05, 0.1) is 6.61 Å². The fourth-order valence-electron chi connectivity index (χ4n) is 1.22. The molecule has 17 heavy (non-hydrogen) atoms. The minimum Gasteiger partial charge on any atom is -0.464 e. The van der Waals surface area contributed by atoms with Gasteiger partial charge in [-0.3, -0.25) is 4.68 Å². The zero-order valence-electron chi connectivity index (χ0n) is 9.58. The van der Waals surface area contributed by atoms with Crippen molar-refractivity contribution in [3.63, 3.8) is 0 Å². The Morgan fingerprint density at radius 1 is 1.41 bits per heavy atom. The highest BCUT2D eigenvalue weighted by Gasteiger charge is 2.06. The van der Waals surface area contributed by atoms with Crippen molar-refractivity contribution in [2.45, 2.75) is 6.92 Å². The Hall–Kier alpha value is -2.38. The Bertz CT molecular complexity index is 510. The third-order valence-corrected chi connectivity index (χ3v) is 1.86. The predicted molar refractivity (Wildman–Crippen MR) is 61.9 cm³/mol. The molecule has 90 valence electrons. The van der Waals surface area contributed by atoms with E-state index < -0.39 is 0 Å². The molecule has 0 amide bonds. The Morgan fingerprint density at radius 2 is 2.24 bits per heavy atom. The maximum atomic E-state index is 5.54. The first-order chi connectivity index (χ1) is 8.17. The SMILES string of the molecule is CCOc1nc(N)nc(Nc2ccn(C)n2)n1. The molecule has 0 radical (unpaired) electrons. The van der Waals surface area contributed by atoms with Crippen molar-refractivity contribution >= 4 is 17.7 Å². The van der Waals surface area contributed by atoms with Crippen LogP contribution in [0.4, 0.5) is 17.7 Å². The van der Waals surface area contributed by atoms with Crippen LogP contribution in [0, 0.1) is 0 Å². The van der Waals surface area contributed by atoms with Gasteiger partial charge in [0.2, 0.25) is 11.9 Å². The molecule has 2 rings (SSSR count). The van der Waals surface area contributed by atoms with Crippen LogP contribution in [0.5, 0.6) is 6.01 Å². The van der Waals surface area contributed by atoms with E-state index in [1.165, 1.54) is 0 Å². The standard InChI is InChI=1S/C9H13N7O/c1-3-17-9-13-7(10)12-8(14-9)11-6-4-5-16(2)15-6/h4-5H,3H2,1-2H3,(H3,10,11,12,13,14,15). The molecule has 2 aromatic heterocycles. The second kappa shape index (κ2) is 4.64. The van der Waals surface area contributed by atoms with Gasteiger partial charge in [0, 0.05) is 19.3 Å². The van der Waals surface area contributed by atoms with E-state index >= 15 is 0 Å². The van der Waals surface area contributed by atoms with Crippen LogP contribution in [0.1, 0.15) is 6.92 Å². The Balaban J connectivity index is 2.20. The highest BCUT2D eigenvalue weighted by molar-refractivity contribution is 5.48. The van der Waals surface area contributed by atoms with Gasteiger partial charge in [-0.2, -0.15) is 20.1 Å². The number of hydrogen-bond donors (Lipinski definition) is 2. The quantitative estimate of drug-likeness (QED) is 0.786. The van der Waals surface area contributed by atoms with Crippen LogP contribution in [0.15, 0.2) is 12.3 Å². The van der Waals surface area contributed by atoms with Gasteiger partial charge in [0.15, 0.2) is 5.82 Å². The maximum absolute atomic E-state index is 5.54. The van der Waals surface area contributed by atoms with Crippen molar-refractivity contribution in [1.82, 2.24) is 24.7 Å². The first kappa shape index (κ1) is 11.1. The van der Waals surface area contributed by atoms with Crippen LogP contribution < -0.4 is 15.8 Å². The van der Waals surface area contributed by atoms with Gasteiger partial charge in [-0.05, 0) is 6.92 Å². The predicted octanol–water partition coefficient (Wildman–Crippen LogP) is 0.330. The van der Waals surface area contributed by atoms with Crippen molar-refractivity contribution in [2.24, 2.45) is 7.05 Å². The third kappa shape index (κ3) is 2.80. The molecular weight excluding hydrogens is 222 g/mol. The summed E-state index contributed by atoms with van der Waals surface area (Å²) in [6, 6.07) is 1.98. The van der Waals surface area contributed by atoms with E-state index in [2.05, 4.69) is 25.4 Å². The summed E-state index contributed by atoms with van der Waals surface area (Å²) in [5, 5.41) is 7.05. The van der Waals surface area contributed by atoms with Crippen LogP contribution in [0.3, 0.4) is 0 Å². The number of nitrogens with two attached hydrogens (primary N) is 1. The zero-order chi connectivity index (χ0) is 12.3.